The maximum absolute atomic E-state index is 12.4. The van der Waals surface area contributed by atoms with Gasteiger partial charge in [-0.3, -0.25) is 4.79 Å². The van der Waals surface area contributed by atoms with Crippen molar-refractivity contribution in [3.8, 4) is 0 Å². The van der Waals surface area contributed by atoms with Crippen molar-refractivity contribution < 1.29 is 49.0 Å². The van der Waals surface area contributed by atoms with Gasteiger partial charge in [-0.25, -0.2) is 4.79 Å². The Kier molecular flexibility index (Phi) is 6.41. The molecule has 182 valence electrons. The van der Waals surface area contributed by atoms with Gasteiger partial charge in [0.1, 0.15) is 36.6 Å². The van der Waals surface area contributed by atoms with Crippen molar-refractivity contribution in [1.29, 1.82) is 0 Å². The Morgan fingerprint density at radius 3 is 2.45 bits per heavy atom. The van der Waals surface area contributed by atoms with E-state index in [-0.39, 0.29) is 17.4 Å². The normalized spacial score (nSPS) is 43.0. The number of allylic oxidation sites excluding steroid dienone is 1. The highest BCUT2D eigenvalue weighted by Crippen LogP contribution is 2.53. The van der Waals surface area contributed by atoms with Crippen LogP contribution in [0.5, 0.6) is 0 Å². The molecular formula is C23H30O10. The maximum atomic E-state index is 12.4. The number of carbonyl (C=O) groups excluding carboxylic acids is 2. The molecule has 3 fully saturated rings. The van der Waals surface area contributed by atoms with Crippen LogP contribution < -0.4 is 0 Å². The van der Waals surface area contributed by atoms with Crippen LogP contribution in [0, 0.1) is 17.8 Å². The molecule has 33 heavy (non-hydrogen) atoms. The first-order chi connectivity index (χ1) is 15.5. The number of aliphatic hydroxyl groups excluding tert-OH is 4. The molecule has 10 heteroatoms. The summed E-state index contributed by atoms with van der Waals surface area (Å²) in [5.74, 6) is -1.56. The zero-order chi connectivity index (χ0) is 24.2. The number of aliphatic hydroxyl groups is 4. The van der Waals surface area contributed by atoms with E-state index in [1.165, 1.54) is 6.92 Å². The molecule has 4 rings (SSSR count). The molecule has 0 amide bonds. The summed E-state index contributed by atoms with van der Waals surface area (Å²) < 4.78 is 22.6. The molecule has 10 nitrogen and oxygen atoms in total. The molecule has 4 N–H and O–H groups in total. The summed E-state index contributed by atoms with van der Waals surface area (Å²) >= 11 is 0. The van der Waals surface area contributed by atoms with Gasteiger partial charge in [0.25, 0.3) is 0 Å². The first kappa shape index (κ1) is 23.9. The fourth-order valence-corrected chi connectivity index (χ4v) is 5.50. The van der Waals surface area contributed by atoms with Crippen LogP contribution in [0.25, 0.3) is 0 Å². The molecular weight excluding hydrogens is 436 g/mol. The molecule has 2 aliphatic carbocycles. The quantitative estimate of drug-likeness (QED) is 0.247. The number of hydrogen-bond acceptors (Lipinski definition) is 10. The summed E-state index contributed by atoms with van der Waals surface area (Å²) in [6, 6.07) is 0. The van der Waals surface area contributed by atoms with E-state index in [1.54, 1.807) is 0 Å². The monoisotopic (exact) mass is 466 g/mol. The van der Waals surface area contributed by atoms with Crippen LogP contribution in [0.3, 0.4) is 0 Å². The zero-order valence-corrected chi connectivity index (χ0v) is 18.5. The first-order valence-electron chi connectivity index (χ1n) is 11.0. The van der Waals surface area contributed by atoms with Gasteiger partial charge in [-0.05, 0) is 18.4 Å². The van der Waals surface area contributed by atoms with Crippen molar-refractivity contribution in [2.24, 2.45) is 17.8 Å². The lowest BCUT2D eigenvalue weighted by Crippen LogP contribution is -2.59. The molecule has 10 atom stereocenters. The molecule has 0 radical (unpaired) electrons. The van der Waals surface area contributed by atoms with Gasteiger partial charge in [-0.15, -0.1) is 0 Å². The molecule has 0 bridgehead atoms. The number of carbonyl (C=O) groups is 2. The Morgan fingerprint density at radius 2 is 1.82 bits per heavy atom. The average Bonchev–Trinajstić information content (AvgIpc) is 3.19. The molecule has 0 unspecified atom stereocenters. The summed E-state index contributed by atoms with van der Waals surface area (Å²) in [7, 11) is 0. The van der Waals surface area contributed by atoms with Gasteiger partial charge in [0, 0.05) is 31.3 Å². The molecule has 2 aliphatic heterocycles. The topological polar surface area (TPSA) is 152 Å². The smallest absolute Gasteiger partial charge is 0.334 e. The van der Waals surface area contributed by atoms with Gasteiger partial charge < -0.3 is 39.4 Å². The van der Waals surface area contributed by atoms with E-state index in [2.05, 4.69) is 13.2 Å². The summed E-state index contributed by atoms with van der Waals surface area (Å²) in [5.41, 5.74) is 1.80. The van der Waals surface area contributed by atoms with E-state index in [0.717, 1.165) is 11.1 Å². The van der Waals surface area contributed by atoms with Crippen LogP contribution >= 0.6 is 0 Å². The van der Waals surface area contributed by atoms with Crippen LogP contribution in [-0.2, 0) is 28.5 Å². The minimum absolute atomic E-state index is 0.184. The Labute approximate surface area is 191 Å². The summed E-state index contributed by atoms with van der Waals surface area (Å²) in [5, 5.41) is 39.8. The van der Waals surface area contributed by atoms with Crippen molar-refractivity contribution >= 4 is 11.9 Å². The van der Waals surface area contributed by atoms with E-state index in [0.29, 0.717) is 18.6 Å². The van der Waals surface area contributed by atoms with Crippen LogP contribution in [0.1, 0.15) is 26.7 Å². The minimum Gasteiger partial charge on any atom is -0.466 e. The van der Waals surface area contributed by atoms with Crippen LogP contribution in [0.4, 0.5) is 0 Å². The second kappa shape index (κ2) is 8.84. The zero-order valence-electron chi connectivity index (χ0n) is 18.5. The van der Waals surface area contributed by atoms with Crippen LogP contribution in [0.2, 0.25) is 0 Å². The number of rotatable bonds is 4. The van der Waals surface area contributed by atoms with Gasteiger partial charge in [0.05, 0.1) is 18.3 Å². The largest absolute Gasteiger partial charge is 0.466 e. The van der Waals surface area contributed by atoms with E-state index in [4.69, 9.17) is 18.9 Å². The van der Waals surface area contributed by atoms with Gasteiger partial charge in [-0.2, -0.15) is 0 Å². The van der Waals surface area contributed by atoms with Crippen molar-refractivity contribution in [2.45, 2.75) is 69.6 Å². The van der Waals surface area contributed by atoms with Gasteiger partial charge in [-0.1, -0.05) is 18.7 Å². The third-order valence-electron chi connectivity index (χ3n) is 7.21. The van der Waals surface area contributed by atoms with Gasteiger partial charge in [0.2, 0.25) is 6.29 Å². The molecule has 2 saturated heterocycles. The Morgan fingerprint density at radius 1 is 1.12 bits per heavy atom. The lowest BCUT2D eigenvalue weighted by atomic mass is 9.80. The Hall–Kier alpha value is -2.24. The first-order valence-corrected chi connectivity index (χ1v) is 11.0. The Balaban J connectivity index is 1.63. The summed E-state index contributed by atoms with van der Waals surface area (Å²) in [6.07, 6.45) is -7.55. The Bertz CT molecular complexity index is 892. The number of hydrogen-bond donors (Lipinski definition) is 4. The second-order valence-corrected chi connectivity index (χ2v) is 9.19. The van der Waals surface area contributed by atoms with Crippen LogP contribution in [-0.4, -0.2) is 81.9 Å². The molecule has 0 aromatic heterocycles. The lowest BCUT2D eigenvalue weighted by Gasteiger charge is -2.40. The lowest BCUT2D eigenvalue weighted by molar-refractivity contribution is -0.292. The second-order valence-electron chi connectivity index (χ2n) is 9.19. The highest BCUT2D eigenvalue weighted by Gasteiger charge is 2.56. The number of esters is 2. The number of fused-ring (bicyclic) bond motifs is 3. The maximum Gasteiger partial charge on any atom is 0.334 e. The molecule has 2 heterocycles. The third-order valence-corrected chi connectivity index (χ3v) is 7.21. The van der Waals surface area contributed by atoms with Crippen molar-refractivity contribution in [3.05, 3.63) is 35.6 Å². The molecule has 4 aliphatic rings. The molecule has 0 spiro atoms. The van der Waals surface area contributed by atoms with Gasteiger partial charge >= 0.3 is 11.9 Å². The average molecular weight is 466 g/mol. The van der Waals surface area contributed by atoms with E-state index < -0.39 is 67.4 Å². The standard InChI is InChI=1S/C23H30O10/c1-8-5-14(30-11(4)25)17-10(3)22(29)33-21(17)16-9(2)13(6-12(8)16)31-23-20(28)19(27)18(26)15(7-24)32-23/h12,14-21,23-24,26-28H,1,3,5-7H2,2,4H3/t12-,14+,15+,16-,17+,18+,19-,20+,21+,23+/m0/s1. The highest BCUT2D eigenvalue weighted by atomic mass is 16.7. The summed E-state index contributed by atoms with van der Waals surface area (Å²) in [4.78, 5) is 24.1. The molecule has 0 aromatic rings. The minimum atomic E-state index is -1.56. The van der Waals surface area contributed by atoms with Crippen LogP contribution in [0.15, 0.2) is 35.6 Å². The predicted molar refractivity (Wildman–Crippen MR) is 111 cm³/mol. The van der Waals surface area contributed by atoms with E-state index in [1.807, 2.05) is 6.92 Å². The van der Waals surface area contributed by atoms with E-state index >= 15 is 0 Å². The fourth-order valence-electron chi connectivity index (χ4n) is 5.50. The SMILES string of the molecule is C=C1C(=O)O[C@@H]2[C@H]3C(C)=C(O[C@@H]4O[C@H](CO)[C@@H](O)[C@H](O)[C@H]4O)C[C@H]3C(=C)C[C@@H](OC(C)=O)[C@@H]12. The third kappa shape index (κ3) is 4.00. The molecule has 1 saturated carbocycles. The summed E-state index contributed by atoms with van der Waals surface area (Å²) in [6.45, 7) is 10.6. The predicted octanol–water partition coefficient (Wildman–Crippen LogP) is -0.298. The highest BCUT2D eigenvalue weighted by molar-refractivity contribution is 5.91. The van der Waals surface area contributed by atoms with E-state index in [9.17, 15) is 30.0 Å². The molecule has 0 aromatic carbocycles. The van der Waals surface area contributed by atoms with Crippen molar-refractivity contribution in [2.75, 3.05) is 6.61 Å². The van der Waals surface area contributed by atoms with Gasteiger partial charge in [0.15, 0.2) is 0 Å². The van der Waals surface area contributed by atoms with Crippen molar-refractivity contribution in [1.82, 2.24) is 0 Å². The number of ether oxygens (including phenoxy) is 4. The fraction of sp³-hybridized carbons (Fsp3) is 0.652. The van der Waals surface area contributed by atoms with Crippen molar-refractivity contribution in [3.63, 3.8) is 0 Å².